The molecule has 0 radical (unpaired) electrons. The molecule has 2 aromatic rings. The average Bonchev–Trinajstić information content (AvgIpc) is 2.50. The minimum Gasteiger partial charge on any atom is -0.0804 e. The van der Waals surface area contributed by atoms with Gasteiger partial charge in [-0.15, -0.1) is 0 Å². The SMILES string of the molecule is Cc1ccc2c3c(ccc2c1C)C1=CCCC=C1CC3. The van der Waals surface area contributed by atoms with Crippen LogP contribution in [-0.4, -0.2) is 0 Å². The van der Waals surface area contributed by atoms with Gasteiger partial charge in [0.25, 0.3) is 0 Å². The summed E-state index contributed by atoms with van der Waals surface area (Å²) in [6.45, 7) is 4.46. The number of allylic oxidation sites excluding steroid dienone is 4. The van der Waals surface area contributed by atoms with E-state index in [-0.39, 0.29) is 0 Å². The van der Waals surface area contributed by atoms with Crippen LogP contribution < -0.4 is 0 Å². The van der Waals surface area contributed by atoms with Crippen molar-refractivity contribution in [2.45, 2.75) is 39.5 Å². The summed E-state index contributed by atoms with van der Waals surface area (Å²) in [6, 6.07) is 9.29. The number of hydrogen-bond donors (Lipinski definition) is 0. The molecular weight excluding hydrogens is 240 g/mol. The highest BCUT2D eigenvalue weighted by molar-refractivity contribution is 5.96. The molecule has 0 aromatic heterocycles. The maximum Gasteiger partial charge on any atom is -0.0143 e. The average molecular weight is 260 g/mol. The van der Waals surface area contributed by atoms with Gasteiger partial charge in [-0.2, -0.15) is 0 Å². The lowest BCUT2D eigenvalue weighted by Crippen LogP contribution is -2.08. The second-order valence-corrected chi connectivity index (χ2v) is 6.12. The first-order valence-electron chi connectivity index (χ1n) is 7.67. The standard InChI is InChI=1S/C20H20/c1-13-7-9-18-16(14(13)2)11-12-19-17-6-4-3-5-15(17)8-10-20(18)19/h5-7,9,11-12H,3-4,8,10H2,1-2H3. The fourth-order valence-electron chi connectivity index (χ4n) is 3.76. The fraction of sp³-hybridized carbons (Fsp3) is 0.300. The molecule has 0 N–H and O–H groups in total. The Morgan fingerprint density at radius 1 is 0.800 bits per heavy atom. The Labute approximate surface area is 120 Å². The summed E-state index contributed by atoms with van der Waals surface area (Å²) in [4.78, 5) is 0. The van der Waals surface area contributed by atoms with E-state index < -0.39 is 0 Å². The number of fused-ring (bicyclic) bond motifs is 5. The Balaban J connectivity index is 2.02. The lowest BCUT2D eigenvalue weighted by atomic mass is 9.78. The molecule has 0 spiro atoms. The van der Waals surface area contributed by atoms with E-state index in [1.165, 1.54) is 58.7 Å². The van der Waals surface area contributed by atoms with Gasteiger partial charge in [-0.25, -0.2) is 0 Å². The predicted octanol–water partition coefficient (Wildman–Crippen LogP) is 5.51. The summed E-state index contributed by atoms with van der Waals surface area (Å²) in [5.41, 5.74) is 8.97. The zero-order valence-electron chi connectivity index (χ0n) is 12.3. The molecule has 2 aliphatic carbocycles. The van der Waals surface area contributed by atoms with E-state index >= 15 is 0 Å². The molecule has 0 heteroatoms. The number of rotatable bonds is 0. The van der Waals surface area contributed by atoms with Crippen LogP contribution in [0.3, 0.4) is 0 Å². The lowest BCUT2D eigenvalue weighted by Gasteiger charge is -2.26. The van der Waals surface area contributed by atoms with Crippen LogP contribution in [0.15, 0.2) is 42.0 Å². The third-order valence-electron chi connectivity index (χ3n) is 5.04. The predicted molar refractivity (Wildman–Crippen MR) is 87.0 cm³/mol. The second kappa shape index (κ2) is 4.34. The Morgan fingerprint density at radius 3 is 2.50 bits per heavy atom. The second-order valence-electron chi connectivity index (χ2n) is 6.12. The lowest BCUT2D eigenvalue weighted by molar-refractivity contribution is 0.906. The minimum atomic E-state index is 1.19. The molecular formula is C20H20. The van der Waals surface area contributed by atoms with E-state index in [2.05, 4.69) is 50.3 Å². The molecule has 0 amide bonds. The Morgan fingerprint density at radius 2 is 1.60 bits per heavy atom. The van der Waals surface area contributed by atoms with E-state index in [9.17, 15) is 0 Å². The Bertz CT molecular complexity index is 772. The quantitative estimate of drug-likeness (QED) is 0.586. The molecule has 2 aliphatic rings. The molecule has 0 fully saturated rings. The number of aryl methyl sites for hydroxylation is 3. The highest BCUT2D eigenvalue weighted by Crippen LogP contribution is 2.41. The zero-order valence-corrected chi connectivity index (χ0v) is 12.3. The van der Waals surface area contributed by atoms with Gasteiger partial charge in [-0.3, -0.25) is 0 Å². The van der Waals surface area contributed by atoms with E-state index in [4.69, 9.17) is 0 Å². The van der Waals surface area contributed by atoms with Crippen LogP contribution in [-0.2, 0) is 6.42 Å². The summed E-state index contributed by atoms with van der Waals surface area (Å²) < 4.78 is 0. The van der Waals surface area contributed by atoms with Crippen molar-refractivity contribution in [3.8, 4) is 0 Å². The van der Waals surface area contributed by atoms with Crippen molar-refractivity contribution in [2.24, 2.45) is 0 Å². The molecule has 4 rings (SSSR count). The van der Waals surface area contributed by atoms with Gasteiger partial charge in [0.05, 0.1) is 0 Å². The van der Waals surface area contributed by atoms with Crippen LogP contribution in [0, 0.1) is 13.8 Å². The van der Waals surface area contributed by atoms with Gasteiger partial charge in [-0.05, 0) is 83.7 Å². The molecule has 0 saturated carbocycles. The normalized spacial score (nSPS) is 17.3. The van der Waals surface area contributed by atoms with E-state index in [0.717, 1.165) is 0 Å². The molecule has 0 saturated heterocycles. The van der Waals surface area contributed by atoms with Crippen molar-refractivity contribution in [1.29, 1.82) is 0 Å². The van der Waals surface area contributed by atoms with Crippen LogP contribution in [0.25, 0.3) is 16.3 Å². The molecule has 0 atom stereocenters. The van der Waals surface area contributed by atoms with Gasteiger partial charge >= 0.3 is 0 Å². The van der Waals surface area contributed by atoms with Crippen LogP contribution in [0.4, 0.5) is 0 Å². The van der Waals surface area contributed by atoms with E-state index in [0.29, 0.717) is 0 Å². The van der Waals surface area contributed by atoms with Gasteiger partial charge in [0.15, 0.2) is 0 Å². The van der Waals surface area contributed by atoms with Gasteiger partial charge in [0, 0.05) is 0 Å². The summed E-state index contributed by atoms with van der Waals surface area (Å²) in [6.07, 6.45) is 9.72. The largest absolute Gasteiger partial charge is 0.0804 e. The monoisotopic (exact) mass is 260 g/mol. The fourth-order valence-corrected chi connectivity index (χ4v) is 3.76. The van der Waals surface area contributed by atoms with E-state index in [1.807, 2.05) is 0 Å². The van der Waals surface area contributed by atoms with Crippen molar-refractivity contribution in [2.75, 3.05) is 0 Å². The Kier molecular flexibility index (Phi) is 2.60. The smallest absolute Gasteiger partial charge is 0.0143 e. The highest BCUT2D eigenvalue weighted by atomic mass is 14.3. The van der Waals surface area contributed by atoms with Crippen molar-refractivity contribution >= 4 is 16.3 Å². The summed E-state index contributed by atoms with van der Waals surface area (Å²) >= 11 is 0. The minimum absolute atomic E-state index is 1.19. The Hall–Kier alpha value is -1.82. The van der Waals surface area contributed by atoms with Gasteiger partial charge in [0.2, 0.25) is 0 Å². The van der Waals surface area contributed by atoms with Crippen molar-refractivity contribution in [3.05, 3.63) is 64.2 Å². The van der Waals surface area contributed by atoms with Crippen LogP contribution in [0.2, 0.25) is 0 Å². The van der Waals surface area contributed by atoms with Crippen LogP contribution >= 0.6 is 0 Å². The molecule has 20 heavy (non-hydrogen) atoms. The van der Waals surface area contributed by atoms with Crippen molar-refractivity contribution < 1.29 is 0 Å². The summed E-state index contributed by atoms with van der Waals surface area (Å²) in [7, 11) is 0. The van der Waals surface area contributed by atoms with Gasteiger partial charge in [-0.1, -0.05) is 36.4 Å². The van der Waals surface area contributed by atoms with Crippen molar-refractivity contribution in [1.82, 2.24) is 0 Å². The number of hydrogen-bond acceptors (Lipinski definition) is 0. The van der Waals surface area contributed by atoms with Crippen LogP contribution in [0.5, 0.6) is 0 Å². The first kappa shape index (κ1) is 12.0. The zero-order chi connectivity index (χ0) is 13.7. The molecule has 100 valence electrons. The van der Waals surface area contributed by atoms with E-state index in [1.54, 1.807) is 11.1 Å². The molecule has 0 unspecified atom stereocenters. The molecule has 0 bridgehead atoms. The molecule has 2 aromatic carbocycles. The maximum absolute atomic E-state index is 2.45. The van der Waals surface area contributed by atoms with Gasteiger partial charge < -0.3 is 0 Å². The maximum atomic E-state index is 2.45. The van der Waals surface area contributed by atoms with Gasteiger partial charge in [0.1, 0.15) is 0 Å². The summed E-state index contributed by atoms with van der Waals surface area (Å²) in [5.74, 6) is 0. The first-order chi connectivity index (χ1) is 9.75. The third kappa shape index (κ3) is 1.61. The summed E-state index contributed by atoms with van der Waals surface area (Å²) in [5, 5.41) is 2.91. The third-order valence-corrected chi connectivity index (χ3v) is 5.04. The highest BCUT2D eigenvalue weighted by Gasteiger charge is 2.21. The number of benzene rings is 2. The molecule has 0 heterocycles. The topological polar surface area (TPSA) is 0 Å². The first-order valence-corrected chi connectivity index (χ1v) is 7.67. The molecule has 0 aliphatic heterocycles. The van der Waals surface area contributed by atoms with Crippen LogP contribution in [0.1, 0.15) is 41.5 Å². The van der Waals surface area contributed by atoms with Crippen molar-refractivity contribution in [3.63, 3.8) is 0 Å². The molecule has 0 nitrogen and oxygen atoms in total.